The molecule has 0 aromatic heterocycles. The van der Waals surface area contributed by atoms with Crippen LogP contribution in [0.2, 0.25) is 0 Å². The Morgan fingerprint density at radius 2 is 1.65 bits per heavy atom. The van der Waals surface area contributed by atoms with Crippen LogP contribution in [0.5, 0.6) is 11.5 Å². The SMILES string of the molecule is Cc1ccc(N2CCCCC2)cc1Oc1ccccc1. The summed E-state index contributed by atoms with van der Waals surface area (Å²) in [4.78, 5) is 2.46. The molecule has 2 aromatic carbocycles. The Morgan fingerprint density at radius 3 is 2.40 bits per heavy atom. The van der Waals surface area contributed by atoms with Crippen molar-refractivity contribution in [1.82, 2.24) is 0 Å². The maximum absolute atomic E-state index is 6.01. The highest BCUT2D eigenvalue weighted by Crippen LogP contribution is 2.30. The van der Waals surface area contributed by atoms with E-state index >= 15 is 0 Å². The van der Waals surface area contributed by atoms with Gasteiger partial charge in [0, 0.05) is 24.8 Å². The predicted molar refractivity (Wildman–Crippen MR) is 83.8 cm³/mol. The molecule has 1 fully saturated rings. The number of hydrogen-bond donors (Lipinski definition) is 0. The van der Waals surface area contributed by atoms with Crippen LogP contribution in [0.25, 0.3) is 0 Å². The topological polar surface area (TPSA) is 12.5 Å². The van der Waals surface area contributed by atoms with Gasteiger partial charge in [0.05, 0.1) is 0 Å². The first kappa shape index (κ1) is 13.0. The molecule has 104 valence electrons. The van der Waals surface area contributed by atoms with Crippen molar-refractivity contribution >= 4 is 5.69 Å². The summed E-state index contributed by atoms with van der Waals surface area (Å²) in [5, 5.41) is 0. The first-order valence-corrected chi connectivity index (χ1v) is 7.41. The zero-order valence-electron chi connectivity index (χ0n) is 12.0. The molecule has 2 aromatic rings. The molecule has 3 rings (SSSR count). The van der Waals surface area contributed by atoms with Gasteiger partial charge in [-0.15, -0.1) is 0 Å². The van der Waals surface area contributed by atoms with E-state index in [1.807, 2.05) is 30.3 Å². The fourth-order valence-corrected chi connectivity index (χ4v) is 2.66. The van der Waals surface area contributed by atoms with Crippen LogP contribution in [0.15, 0.2) is 48.5 Å². The normalized spacial score (nSPS) is 15.2. The molecule has 0 bridgehead atoms. The van der Waals surface area contributed by atoms with Crippen molar-refractivity contribution in [2.75, 3.05) is 18.0 Å². The molecular formula is C18H21NO. The van der Waals surface area contributed by atoms with Gasteiger partial charge < -0.3 is 9.64 Å². The van der Waals surface area contributed by atoms with Gasteiger partial charge in [-0.2, -0.15) is 0 Å². The number of nitrogens with zero attached hydrogens (tertiary/aromatic N) is 1. The highest BCUT2D eigenvalue weighted by Gasteiger charge is 2.12. The van der Waals surface area contributed by atoms with Gasteiger partial charge in [-0.05, 0) is 49.9 Å². The van der Waals surface area contributed by atoms with Crippen LogP contribution >= 0.6 is 0 Å². The van der Waals surface area contributed by atoms with E-state index in [4.69, 9.17) is 4.74 Å². The maximum atomic E-state index is 6.01. The van der Waals surface area contributed by atoms with Gasteiger partial charge in [0.2, 0.25) is 0 Å². The molecule has 1 aliphatic heterocycles. The monoisotopic (exact) mass is 267 g/mol. The third kappa shape index (κ3) is 2.96. The Bertz CT molecular complexity index is 559. The molecule has 1 heterocycles. The fraction of sp³-hybridized carbons (Fsp3) is 0.333. The number of anilines is 1. The number of para-hydroxylation sites is 1. The zero-order chi connectivity index (χ0) is 13.8. The van der Waals surface area contributed by atoms with E-state index in [-0.39, 0.29) is 0 Å². The van der Waals surface area contributed by atoms with Crippen LogP contribution in [0, 0.1) is 6.92 Å². The lowest BCUT2D eigenvalue weighted by Crippen LogP contribution is -2.29. The van der Waals surface area contributed by atoms with Gasteiger partial charge in [-0.1, -0.05) is 24.3 Å². The van der Waals surface area contributed by atoms with Crippen LogP contribution in [0.3, 0.4) is 0 Å². The van der Waals surface area contributed by atoms with Crippen LogP contribution in [0.4, 0.5) is 5.69 Å². The molecule has 20 heavy (non-hydrogen) atoms. The number of ether oxygens (including phenoxy) is 1. The Kier molecular flexibility index (Phi) is 3.91. The number of rotatable bonds is 3. The summed E-state index contributed by atoms with van der Waals surface area (Å²) in [5.41, 5.74) is 2.45. The molecule has 2 heteroatoms. The molecule has 1 aliphatic rings. The summed E-state index contributed by atoms with van der Waals surface area (Å²) in [5.74, 6) is 1.85. The van der Waals surface area contributed by atoms with Gasteiger partial charge in [0.25, 0.3) is 0 Å². The average molecular weight is 267 g/mol. The van der Waals surface area contributed by atoms with Gasteiger partial charge in [0.15, 0.2) is 0 Å². The second-order valence-electron chi connectivity index (χ2n) is 5.41. The van der Waals surface area contributed by atoms with Crippen LogP contribution in [-0.2, 0) is 0 Å². The van der Waals surface area contributed by atoms with Crippen LogP contribution < -0.4 is 9.64 Å². The van der Waals surface area contributed by atoms with Gasteiger partial charge in [0.1, 0.15) is 11.5 Å². The lowest BCUT2D eigenvalue weighted by atomic mass is 10.1. The largest absolute Gasteiger partial charge is 0.457 e. The van der Waals surface area contributed by atoms with Gasteiger partial charge in [-0.3, -0.25) is 0 Å². The standard InChI is InChI=1S/C18H21NO/c1-15-10-11-16(19-12-6-3-7-13-19)14-18(15)20-17-8-4-2-5-9-17/h2,4-5,8-11,14H,3,6-7,12-13H2,1H3. The Hall–Kier alpha value is -1.96. The van der Waals surface area contributed by atoms with Gasteiger partial charge >= 0.3 is 0 Å². The first-order valence-electron chi connectivity index (χ1n) is 7.41. The number of aryl methyl sites for hydroxylation is 1. The number of piperidine rings is 1. The molecule has 0 spiro atoms. The predicted octanol–water partition coefficient (Wildman–Crippen LogP) is 4.78. The summed E-state index contributed by atoms with van der Waals surface area (Å²) < 4.78 is 6.01. The summed E-state index contributed by atoms with van der Waals surface area (Å²) in [6.07, 6.45) is 3.95. The highest BCUT2D eigenvalue weighted by molar-refractivity contribution is 5.54. The Labute approximate surface area is 121 Å². The summed E-state index contributed by atoms with van der Waals surface area (Å²) in [7, 11) is 0. The third-order valence-electron chi connectivity index (χ3n) is 3.86. The van der Waals surface area contributed by atoms with Gasteiger partial charge in [-0.25, -0.2) is 0 Å². The quantitative estimate of drug-likeness (QED) is 0.793. The van der Waals surface area contributed by atoms with Crippen molar-refractivity contribution in [1.29, 1.82) is 0 Å². The van der Waals surface area contributed by atoms with Crippen molar-refractivity contribution < 1.29 is 4.74 Å². The van der Waals surface area contributed by atoms with E-state index < -0.39 is 0 Å². The van der Waals surface area contributed by atoms with Crippen molar-refractivity contribution in [3.05, 3.63) is 54.1 Å². The minimum atomic E-state index is 0.895. The van der Waals surface area contributed by atoms with E-state index in [2.05, 4.69) is 30.0 Å². The van der Waals surface area contributed by atoms with E-state index in [1.165, 1.54) is 30.5 Å². The smallest absolute Gasteiger partial charge is 0.132 e. The molecule has 0 N–H and O–H groups in total. The molecule has 0 atom stereocenters. The number of benzene rings is 2. The van der Waals surface area contributed by atoms with Crippen molar-refractivity contribution in [2.24, 2.45) is 0 Å². The van der Waals surface area contributed by atoms with Crippen molar-refractivity contribution in [3.8, 4) is 11.5 Å². The second-order valence-corrected chi connectivity index (χ2v) is 5.41. The third-order valence-corrected chi connectivity index (χ3v) is 3.86. The van der Waals surface area contributed by atoms with Crippen LogP contribution in [-0.4, -0.2) is 13.1 Å². The first-order chi connectivity index (χ1) is 9.83. The maximum Gasteiger partial charge on any atom is 0.132 e. The summed E-state index contributed by atoms with van der Waals surface area (Å²) in [6.45, 7) is 4.42. The van der Waals surface area contributed by atoms with E-state index in [9.17, 15) is 0 Å². The minimum absolute atomic E-state index is 0.895. The van der Waals surface area contributed by atoms with E-state index in [0.717, 1.165) is 24.6 Å². The average Bonchev–Trinajstić information content (AvgIpc) is 2.51. The highest BCUT2D eigenvalue weighted by atomic mass is 16.5. The molecule has 0 saturated carbocycles. The van der Waals surface area contributed by atoms with Crippen molar-refractivity contribution in [2.45, 2.75) is 26.2 Å². The van der Waals surface area contributed by atoms with Crippen molar-refractivity contribution in [3.63, 3.8) is 0 Å². The summed E-state index contributed by atoms with van der Waals surface area (Å²) >= 11 is 0. The molecule has 0 aliphatic carbocycles. The molecule has 2 nitrogen and oxygen atoms in total. The van der Waals surface area contributed by atoms with E-state index in [0.29, 0.717) is 0 Å². The Balaban J connectivity index is 1.83. The molecule has 0 unspecified atom stereocenters. The minimum Gasteiger partial charge on any atom is -0.457 e. The zero-order valence-corrected chi connectivity index (χ0v) is 12.0. The summed E-state index contributed by atoms with van der Waals surface area (Å²) in [6, 6.07) is 16.5. The fourth-order valence-electron chi connectivity index (χ4n) is 2.66. The molecular weight excluding hydrogens is 246 g/mol. The molecule has 0 amide bonds. The number of hydrogen-bond acceptors (Lipinski definition) is 2. The van der Waals surface area contributed by atoms with E-state index in [1.54, 1.807) is 0 Å². The molecule has 1 saturated heterocycles. The lowest BCUT2D eigenvalue weighted by Gasteiger charge is -2.29. The Morgan fingerprint density at radius 1 is 0.900 bits per heavy atom. The van der Waals surface area contributed by atoms with Crippen LogP contribution in [0.1, 0.15) is 24.8 Å². The second kappa shape index (κ2) is 6.00. The molecule has 0 radical (unpaired) electrons. The lowest BCUT2D eigenvalue weighted by molar-refractivity contribution is 0.478.